The van der Waals surface area contributed by atoms with Crippen LogP contribution < -0.4 is 5.32 Å². The van der Waals surface area contributed by atoms with E-state index in [9.17, 15) is 0 Å². The second kappa shape index (κ2) is 4.41. The van der Waals surface area contributed by atoms with Crippen LogP contribution in [0.4, 0.5) is 0 Å². The summed E-state index contributed by atoms with van der Waals surface area (Å²) in [5, 5.41) is 3.01. The molecule has 0 heterocycles. The Bertz CT molecular complexity index is 37.1. The molecule has 0 radical (unpaired) electrons. The summed E-state index contributed by atoms with van der Waals surface area (Å²) in [6.07, 6.45) is 0. The Kier molecular flexibility index (Phi) is 4.57. The molecule has 1 nitrogen and oxygen atoms in total. The van der Waals surface area contributed by atoms with E-state index in [1.165, 1.54) is 0 Å². The molecule has 0 aromatic carbocycles. The third kappa shape index (κ3) is 6.25. The van der Waals surface area contributed by atoms with Gasteiger partial charge in [0, 0.05) is 0 Å². The van der Waals surface area contributed by atoms with Crippen LogP contribution >= 0.6 is 11.6 Å². The number of hydrogen-bond acceptors (Lipinski definition) is 1. The molecular weight excluding hydrogens is 110 g/mol. The monoisotopic (exact) mass is 121 g/mol. The first kappa shape index (κ1) is 7.25. The van der Waals surface area contributed by atoms with Crippen molar-refractivity contribution in [2.45, 2.75) is 13.8 Å². The average molecular weight is 122 g/mol. The van der Waals surface area contributed by atoms with Crippen LogP contribution in [0.5, 0.6) is 0 Å². The second-order valence-electron chi connectivity index (χ2n) is 1.98. The number of alkyl halides is 1. The molecule has 0 amide bonds. The zero-order chi connectivity index (χ0) is 5.70. The molecule has 0 rings (SSSR count). The Balaban J connectivity index is 2.68. The third-order valence-electron chi connectivity index (χ3n) is 0.647. The topological polar surface area (TPSA) is 12.0 Å². The fourth-order valence-electron chi connectivity index (χ4n) is 0.343. The predicted molar refractivity (Wildman–Crippen MR) is 33.6 cm³/mol. The van der Waals surface area contributed by atoms with Crippen LogP contribution in [0.1, 0.15) is 13.8 Å². The Morgan fingerprint density at radius 1 is 1.57 bits per heavy atom. The summed E-state index contributed by atoms with van der Waals surface area (Å²) in [6.45, 7) is 5.32. The smallest absolute Gasteiger partial charge is 0.0713 e. The van der Waals surface area contributed by atoms with E-state index in [-0.39, 0.29) is 0 Å². The number of hydrogen-bond donors (Lipinski definition) is 1. The van der Waals surface area contributed by atoms with Gasteiger partial charge in [0.1, 0.15) is 0 Å². The SMILES string of the molecule is CC(C)CNCCl. The molecule has 0 aliphatic rings. The fourth-order valence-corrected chi connectivity index (χ4v) is 0.452. The predicted octanol–water partition coefficient (Wildman–Crippen LogP) is 1.43. The van der Waals surface area contributed by atoms with Gasteiger partial charge in [0.05, 0.1) is 6.00 Å². The summed E-state index contributed by atoms with van der Waals surface area (Å²) < 4.78 is 0. The summed E-state index contributed by atoms with van der Waals surface area (Å²) in [5.41, 5.74) is 0. The van der Waals surface area contributed by atoms with Crippen LogP contribution in [0.2, 0.25) is 0 Å². The van der Waals surface area contributed by atoms with Gasteiger partial charge >= 0.3 is 0 Å². The van der Waals surface area contributed by atoms with Crippen LogP contribution in [0.15, 0.2) is 0 Å². The van der Waals surface area contributed by atoms with Crippen molar-refractivity contribution in [3.05, 3.63) is 0 Å². The first-order valence-corrected chi connectivity index (χ1v) is 3.07. The maximum atomic E-state index is 5.33. The summed E-state index contributed by atoms with van der Waals surface area (Å²) in [7, 11) is 0. The first-order valence-electron chi connectivity index (χ1n) is 2.54. The molecule has 0 aromatic rings. The molecule has 0 saturated carbocycles. The maximum absolute atomic E-state index is 5.33. The number of nitrogens with one attached hydrogen (secondary N) is 1. The first-order chi connectivity index (χ1) is 3.27. The molecule has 0 saturated heterocycles. The molecule has 2 heteroatoms. The third-order valence-corrected chi connectivity index (χ3v) is 0.836. The van der Waals surface area contributed by atoms with Crippen LogP contribution in [-0.2, 0) is 0 Å². The van der Waals surface area contributed by atoms with Gasteiger partial charge in [0.2, 0.25) is 0 Å². The lowest BCUT2D eigenvalue weighted by Crippen LogP contribution is -2.17. The quantitative estimate of drug-likeness (QED) is 0.440. The van der Waals surface area contributed by atoms with E-state index in [2.05, 4.69) is 19.2 Å². The summed E-state index contributed by atoms with van der Waals surface area (Å²) >= 11 is 5.33. The molecule has 0 bridgehead atoms. The fraction of sp³-hybridized carbons (Fsp3) is 1.00. The highest BCUT2D eigenvalue weighted by Crippen LogP contribution is 1.85. The number of rotatable bonds is 3. The van der Waals surface area contributed by atoms with Gasteiger partial charge in [-0.2, -0.15) is 0 Å². The molecule has 7 heavy (non-hydrogen) atoms. The van der Waals surface area contributed by atoms with E-state index in [0.29, 0.717) is 11.9 Å². The molecule has 0 fully saturated rings. The highest BCUT2D eigenvalue weighted by Gasteiger charge is 1.87. The van der Waals surface area contributed by atoms with Gasteiger partial charge in [-0.1, -0.05) is 13.8 Å². The highest BCUT2D eigenvalue weighted by molar-refractivity contribution is 6.17. The van der Waals surface area contributed by atoms with Crippen molar-refractivity contribution in [2.24, 2.45) is 5.92 Å². The zero-order valence-corrected chi connectivity index (χ0v) is 5.63. The lowest BCUT2D eigenvalue weighted by Gasteiger charge is -2.01. The minimum Gasteiger partial charge on any atom is -0.304 e. The van der Waals surface area contributed by atoms with Crippen LogP contribution in [0, 0.1) is 5.92 Å². The van der Waals surface area contributed by atoms with Gasteiger partial charge in [-0.05, 0) is 12.5 Å². The summed E-state index contributed by atoms with van der Waals surface area (Å²) in [5.74, 6) is 0.707. The zero-order valence-electron chi connectivity index (χ0n) is 4.87. The van der Waals surface area contributed by atoms with Crippen LogP contribution in [-0.4, -0.2) is 12.5 Å². The van der Waals surface area contributed by atoms with Gasteiger partial charge in [-0.15, -0.1) is 11.6 Å². The lowest BCUT2D eigenvalue weighted by molar-refractivity contribution is 0.586. The Morgan fingerprint density at radius 2 is 2.14 bits per heavy atom. The van der Waals surface area contributed by atoms with E-state index < -0.39 is 0 Å². The molecule has 44 valence electrons. The highest BCUT2D eigenvalue weighted by atomic mass is 35.5. The Labute approximate surface area is 50.1 Å². The average Bonchev–Trinajstić information content (AvgIpc) is 1.61. The normalized spacial score (nSPS) is 10.3. The van der Waals surface area contributed by atoms with Crippen LogP contribution in [0.3, 0.4) is 0 Å². The van der Waals surface area contributed by atoms with E-state index in [0.717, 1.165) is 6.54 Å². The molecule has 0 aliphatic carbocycles. The van der Waals surface area contributed by atoms with Crippen molar-refractivity contribution >= 4 is 11.6 Å². The van der Waals surface area contributed by atoms with Crippen molar-refractivity contribution in [2.75, 3.05) is 12.5 Å². The van der Waals surface area contributed by atoms with Crippen molar-refractivity contribution < 1.29 is 0 Å². The van der Waals surface area contributed by atoms with Crippen molar-refractivity contribution in [1.82, 2.24) is 5.32 Å². The standard InChI is InChI=1S/C5H12ClN/c1-5(2)3-7-4-6/h5,7H,3-4H2,1-2H3. The lowest BCUT2D eigenvalue weighted by atomic mass is 10.2. The second-order valence-corrected chi connectivity index (χ2v) is 2.25. The van der Waals surface area contributed by atoms with E-state index in [1.807, 2.05) is 0 Å². The summed E-state index contributed by atoms with van der Waals surface area (Å²) in [4.78, 5) is 0. The maximum Gasteiger partial charge on any atom is 0.0713 e. The minimum absolute atomic E-state index is 0.568. The summed E-state index contributed by atoms with van der Waals surface area (Å²) in [6, 6.07) is 0.568. The van der Waals surface area contributed by atoms with Gasteiger partial charge in [-0.25, -0.2) is 0 Å². The largest absolute Gasteiger partial charge is 0.304 e. The van der Waals surface area contributed by atoms with Crippen molar-refractivity contribution in [3.8, 4) is 0 Å². The van der Waals surface area contributed by atoms with E-state index in [1.54, 1.807) is 0 Å². The molecule has 1 N–H and O–H groups in total. The molecule has 0 unspecified atom stereocenters. The van der Waals surface area contributed by atoms with Gasteiger partial charge in [0.25, 0.3) is 0 Å². The van der Waals surface area contributed by atoms with Gasteiger partial charge < -0.3 is 5.32 Å². The van der Waals surface area contributed by atoms with Crippen LogP contribution in [0.25, 0.3) is 0 Å². The molecular formula is C5H12ClN. The van der Waals surface area contributed by atoms with Crippen molar-refractivity contribution in [1.29, 1.82) is 0 Å². The number of halogens is 1. The van der Waals surface area contributed by atoms with Gasteiger partial charge in [0.15, 0.2) is 0 Å². The van der Waals surface area contributed by atoms with Gasteiger partial charge in [-0.3, -0.25) is 0 Å². The molecule has 0 aromatic heterocycles. The van der Waals surface area contributed by atoms with E-state index in [4.69, 9.17) is 11.6 Å². The molecule has 0 aliphatic heterocycles. The Hall–Kier alpha value is 0.250. The van der Waals surface area contributed by atoms with Crippen molar-refractivity contribution in [3.63, 3.8) is 0 Å². The molecule has 0 atom stereocenters. The molecule has 0 spiro atoms. The minimum atomic E-state index is 0.568. The Morgan fingerprint density at radius 3 is 2.29 bits per heavy atom. The van der Waals surface area contributed by atoms with E-state index >= 15 is 0 Å².